The first-order valence-electron chi connectivity index (χ1n) is 11.8. The molecule has 3 amide bonds. The molecule has 35 heavy (non-hydrogen) atoms. The van der Waals surface area contributed by atoms with Crippen LogP contribution in [0.25, 0.3) is 11.1 Å². The monoisotopic (exact) mass is 477 g/mol. The molecule has 0 bridgehead atoms. The van der Waals surface area contributed by atoms with Crippen LogP contribution in [0.15, 0.2) is 48.5 Å². The van der Waals surface area contributed by atoms with E-state index in [0.717, 1.165) is 35.1 Å². The number of nitrogens with zero attached hydrogens (tertiary/aromatic N) is 1. The number of ether oxygens (including phenoxy) is 1. The van der Waals surface area contributed by atoms with Crippen molar-refractivity contribution in [3.8, 4) is 11.1 Å². The summed E-state index contributed by atoms with van der Waals surface area (Å²) in [5, 5.41) is 14.4. The first-order chi connectivity index (χ1) is 16.9. The molecule has 0 aromatic heterocycles. The van der Waals surface area contributed by atoms with Gasteiger partial charge in [0.05, 0.1) is 6.54 Å². The molecule has 1 saturated heterocycles. The highest BCUT2D eigenvalue weighted by molar-refractivity contribution is 5.93. The van der Waals surface area contributed by atoms with Crippen LogP contribution in [0.1, 0.15) is 36.3 Å². The normalized spacial score (nSPS) is 21.8. The maximum Gasteiger partial charge on any atom is 0.407 e. The lowest BCUT2D eigenvalue weighted by molar-refractivity contribution is -0.154. The van der Waals surface area contributed by atoms with Crippen molar-refractivity contribution >= 4 is 23.9 Å². The minimum atomic E-state index is -1.11. The Labute approximate surface area is 202 Å². The number of alkyl carbamates (subject to hydrolysis) is 1. The molecule has 9 nitrogen and oxygen atoms in total. The Morgan fingerprint density at radius 3 is 2.29 bits per heavy atom. The SMILES string of the molecule is O=C(CNC(=O)OCC1c2ccccc2-c2ccccc21)NCC(=O)N1CCC[C@@H]2C[C@@]21C(=O)O. The number of amides is 3. The highest BCUT2D eigenvalue weighted by Crippen LogP contribution is 2.54. The van der Waals surface area contributed by atoms with Crippen LogP contribution < -0.4 is 10.6 Å². The molecular formula is C26H27N3O6. The second-order valence-corrected chi connectivity index (χ2v) is 9.27. The van der Waals surface area contributed by atoms with Crippen molar-refractivity contribution in [1.82, 2.24) is 15.5 Å². The summed E-state index contributed by atoms with van der Waals surface area (Å²) >= 11 is 0. The van der Waals surface area contributed by atoms with E-state index in [9.17, 15) is 24.3 Å². The summed E-state index contributed by atoms with van der Waals surface area (Å²) in [4.78, 5) is 50.0. The van der Waals surface area contributed by atoms with Crippen LogP contribution in [0, 0.1) is 5.92 Å². The molecule has 2 aromatic rings. The van der Waals surface area contributed by atoms with Crippen LogP contribution in [0.5, 0.6) is 0 Å². The second kappa shape index (κ2) is 9.05. The van der Waals surface area contributed by atoms with Gasteiger partial charge >= 0.3 is 12.1 Å². The van der Waals surface area contributed by atoms with E-state index >= 15 is 0 Å². The first-order valence-corrected chi connectivity index (χ1v) is 11.8. The number of carboxylic acid groups (broad SMARTS) is 1. The Hall–Kier alpha value is -3.88. The number of hydrogen-bond acceptors (Lipinski definition) is 5. The number of piperidine rings is 1. The largest absolute Gasteiger partial charge is 0.479 e. The van der Waals surface area contributed by atoms with E-state index in [1.807, 2.05) is 48.5 Å². The van der Waals surface area contributed by atoms with Gasteiger partial charge in [-0.15, -0.1) is 0 Å². The molecule has 0 spiro atoms. The van der Waals surface area contributed by atoms with Crippen molar-refractivity contribution in [2.75, 3.05) is 26.2 Å². The van der Waals surface area contributed by atoms with E-state index in [4.69, 9.17) is 4.74 Å². The molecule has 3 aliphatic rings. The fourth-order valence-corrected chi connectivity index (χ4v) is 5.54. The minimum absolute atomic E-state index is 0.0105. The molecule has 2 aromatic carbocycles. The summed E-state index contributed by atoms with van der Waals surface area (Å²) in [6, 6.07) is 16.0. The van der Waals surface area contributed by atoms with Gasteiger partial charge in [-0.2, -0.15) is 0 Å². The Morgan fingerprint density at radius 2 is 1.63 bits per heavy atom. The van der Waals surface area contributed by atoms with Crippen LogP contribution in [0.3, 0.4) is 0 Å². The summed E-state index contributed by atoms with van der Waals surface area (Å²) in [7, 11) is 0. The van der Waals surface area contributed by atoms with Crippen molar-refractivity contribution in [2.45, 2.75) is 30.7 Å². The minimum Gasteiger partial charge on any atom is -0.479 e. The zero-order valence-electron chi connectivity index (χ0n) is 19.2. The third-order valence-corrected chi connectivity index (χ3v) is 7.33. The number of carbonyl (C=O) groups excluding carboxylic acids is 3. The summed E-state index contributed by atoms with van der Waals surface area (Å²) in [6.07, 6.45) is 1.29. The van der Waals surface area contributed by atoms with E-state index in [1.165, 1.54) is 4.90 Å². The van der Waals surface area contributed by atoms with Crippen LogP contribution in [-0.4, -0.2) is 65.7 Å². The van der Waals surface area contributed by atoms with E-state index < -0.39 is 29.4 Å². The van der Waals surface area contributed by atoms with Gasteiger partial charge in [0.2, 0.25) is 11.8 Å². The molecule has 5 rings (SSSR count). The van der Waals surface area contributed by atoms with Gasteiger partial charge in [0.15, 0.2) is 0 Å². The quantitative estimate of drug-likeness (QED) is 0.561. The summed E-state index contributed by atoms with van der Waals surface area (Å²) in [6.45, 7) is -0.160. The molecule has 1 aliphatic heterocycles. The maximum absolute atomic E-state index is 12.6. The zero-order valence-corrected chi connectivity index (χ0v) is 19.2. The van der Waals surface area contributed by atoms with Crippen molar-refractivity contribution in [3.63, 3.8) is 0 Å². The fourth-order valence-electron chi connectivity index (χ4n) is 5.54. The molecule has 182 valence electrons. The number of hydrogen-bond donors (Lipinski definition) is 3. The number of aliphatic carboxylic acids is 1. The molecule has 3 N–H and O–H groups in total. The second-order valence-electron chi connectivity index (χ2n) is 9.27. The number of rotatable bonds is 7. The summed E-state index contributed by atoms with van der Waals surface area (Å²) in [5.74, 6) is -2.07. The van der Waals surface area contributed by atoms with E-state index in [1.54, 1.807) is 0 Å². The average Bonchev–Trinajstić information content (AvgIpc) is 3.55. The number of benzene rings is 2. The lowest BCUT2D eigenvalue weighted by Crippen LogP contribution is -2.54. The molecule has 1 heterocycles. The van der Waals surface area contributed by atoms with E-state index in [-0.39, 0.29) is 31.5 Å². The Bertz CT molecular complexity index is 1150. The molecule has 1 saturated carbocycles. The summed E-state index contributed by atoms with van der Waals surface area (Å²) in [5.41, 5.74) is 3.31. The Morgan fingerprint density at radius 1 is 0.971 bits per heavy atom. The van der Waals surface area contributed by atoms with Gasteiger partial charge in [-0.25, -0.2) is 9.59 Å². The molecule has 2 aliphatic carbocycles. The van der Waals surface area contributed by atoms with Crippen molar-refractivity contribution < 1.29 is 29.0 Å². The molecule has 9 heteroatoms. The van der Waals surface area contributed by atoms with Crippen molar-refractivity contribution in [2.24, 2.45) is 5.92 Å². The van der Waals surface area contributed by atoms with Crippen LogP contribution in [-0.2, 0) is 19.1 Å². The lowest BCUT2D eigenvalue weighted by atomic mass is 9.98. The number of nitrogens with one attached hydrogen (secondary N) is 2. The molecule has 0 unspecified atom stereocenters. The lowest BCUT2D eigenvalue weighted by Gasteiger charge is -2.33. The predicted molar refractivity (Wildman–Crippen MR) is 126 cm³/mol. The van der Waals surface area contributed by atoms with Crippen LogP contribution in [0.2, 0.25) is 0 Å². The number of carbonyl (C=O) groups is 4. The van der Waals surface area contributed by atoms with Gasteiger partial charge < -0.3 is 25.4 Å². The molecular weight excluding hydrogens is 450 g/mol. The van der Waals surface area contributed by atoms with Gasteiger partial charge in [0.1, 0.15) is 18.7 Å². The number of fused-ring (bicyclic) bond motifs is 4. The average molecular weight is 478 g/mol. The Kier molecular flexibility index (Phi) is 5.92. The Balaban J connectivity index is 1.09. The topological polar surface area (TPSA) is 125 Å². The standard InChI is InChI=1S/C26H27N3O6/c30-22(27-14-23(31)29-11-5-6-16-12-26(16,29)24(32)33)13-28-25(34)35-15-21-19-9-3-1-7-17(19)18-8-2-4-10-20(18)21/h1-4,7-10,16,21H,5-6,11-15H2,(H,27,30)(H,28,34)(H,32,33)/t16-,26+/m1/s1. The highest BCUT2D eigenvalue weighted by Gasteiger charge is 2.66. The van der Waals surface area contributed by atoms with E-state index in [0.29, 0.717) is 13.0 Å². The number of likely N-dealkylation sites (tertiary alicyclic amines) is 1. The predicted octanol–water partition coefficient (Wildman–Crippen LogP) is 2.11. The van der Waals surface area contributed by atoms with Gasteiger partial charge in [0.25, 0.3) is 0 Å². The van der Waals surface area contributed by atoms with Gasteiger partial charge in [-0.3, -0.25) is 9.59 Å². The first kappa shape index (κ1) is 22.9. The van der Waals surface area contributed by atoms with Crippen molar-refractivity contribution in [3.05, 3.63) is 59.7 Å². The van der Waals surface area contributed by atoms with Gasteiger partial charge in [0, 0.05) is 12.5 Å². The third kappa shape index (κ3) is 4.11. The maximum atomic E-state index is 12.6. The van der Waals surface area contributed by atoms with Crippen LogP contribution >= 0.6 is 0 Å². The third-order valence-electron chi connectivity index (χ3n) is 7.33. The fraction of sp³-hybridized carbons (Fsp3) is 0.385. The zero-order chi connectivity index (χ0) is 24.6. The smallest absolute Gasteiger partial charge is 0.407 e. The van der Waals surface area contributed by atoms with Gasteiger partial charge in [-0.05, 0) is 47.4 Å². The number of carboxylic acids is 1. The highest BCUT2D eigenvalue weighted by atomic mass is 16.5. The van der Waals surface area contributed by atoms with E-state index in [2.05, 4.69) is 10.6 Å². The summed E-state index contributed by atoms with van der Waals surface area (Å²) < 4.78 is 5.40. The van der Waals surface area contributed by atoms with Crippen LogP contribution in [0.4, 0.5) is 4.79 Å². The molecule has 0 radical (unpaired) electrons. The molecule has 2 atom stereocenters. The van der Waals surface area contributed by atoms with Crippen molar-refractivity contribution in [1.29, 1.82) is 0 Å². The molecule has 2 fully saturated rings. The van der Waals surface area contributed by atoms with Gasteiger partial charge in [-0.1, -0.05) is 48.5 Å².